The Morgan fingerprint density at radius 2 is 1.81 bits per heavy atom. The minimum Gasteiger partial charge on any atom is -0.493 e. The summed E-state index contributed by atoms with van der Waals surface area (Å²) < 4.78 is 10.7. The molecule has 2 aromatic carbocycles. The average molecular weight is 453 g/mol. The number of hydrogen-bond donors (Lipinski definition) is 1. The number of fused-ring (bicyclic) bond motifs is 1. The Morgan fingerprint density at radius 3 is 2.53 bits per heavy atom. The fourth-order valence-electron chi connectivity index (χ4n) is 4.14. The lowest BCUT2D eigenvalue weighted by Crippen LogP contribution is -2.36. The second kappa shape index (κ2) is 9.69. The number of carbonyl (C=O) groups is 2. The number of carbonyl (C=O) groups excluding carboxylic acids is 2. The van der Waals surface area contributed by atoms with Crippen molar-refractivity contribution >= 4 is 35.3 Å². The van der Waals surface area contributed by atoms with E-state index in [2.05, 4.69) is 5.32 Å². The summed E-state index contributed by atoms with van der Waals surface area (Å²) in [7, 11) is 4.92. The van der Waals surface area contributed by atoms with Crippen molar-refractivity contribution in [3.05, 3.63) is 52.4 Å². The van der Waals surface area contributed by atoms with Crippen molar-refractivity contribution in [2.75, 3.05) is 26.2 Å². The van der Waals surface area contributed by atoms with Gasteiger partial charge >= 0.3 is 0 Å². The van der Waals surface area contributed by atoms with Crippen LogP contribution in [0.5, 0.6) is 11.5 Å². The molecule has 2 aromatic rings. The van der Waals surface area contributed by atoms with Crippen LogP contribution in [0, 0.1) is 0 Å². The standard InChI is InChI=1S/C25H28N2O4S/c1-27-19-15-17(24(28)26-18-7-5-4-6-8-18)10-12-22(19)32-23(25(27)29)14-16-9-11-20(30-2)21(13-16)31-3/h9-15,18H,4-8H2,1-3H3,(H,26,28). The molecule has 2 amide bonds. The normalized spacial score (nSPS) is 17.8. The second-order valence-corrected chi connectivity index (χ2v) is 9.16. The van der Waals surface area contributed by atoms with E-state index in [1.54, 1.807) is 26.2 Å². The van der Waals surface area contributed by atoms with Crippen LogP contribution in [0.2, 0.25) is 0 Å². The lowest BCUT2D eigenvalue weighted by molar-refractivity contribution is -0.114. The van der Waals surface area contributed by atoms with E-state index in [0.717, 1.165) is 41.8 Å². The fraction of sp³-hybridized carbons (Fsp3) is 0.360. The third-order valence-corrected chi connectivity index (χ3v) is 7.04. The van der Waals surface area contributed by atoms with Crippen molar-refractivity contribution in [2.45, 2.75) is 43.0 Å². The van der Waals surface area contributed by atoms with Crippen molar-refractivity contribution < 1.29 is 19.1 Å². The molecule has 1 heterocycles. The van der Waals surface area contributed by atoms with Crippen molar-refractivity contribution in [1.29, 1.82) is 0 Å². The van der Waals surface area contributed by atoms with Crippen LogP contribution in [0.3, 0.4) is 0 Å². The molecule has 2 aliphatic rings. The molecular formula is C25H28N2O4S. The number of hydrogen-bond acceptors (Lipinski definition) is 5. The number of benzene rings is 2. The van der Waals surface area contributed by atoms with Gasteiger partial charge in [0.25, 0.3) is 11.8 Å². The van der Waals surface area contributed by atoms with Crippen LogP contribution in [0.4, 0.5) is 5.69 Å². The van der Waals surface area contributed by atoms with Gasteiger partial charge in [0.15, 0.2) is 11.5 Å². The van der Waals surface area contributed by atoms with Crippen LogP contribution in [0.1, 0.15) is 48.0 Å². The molecule has 0 saturated heterocycles. The highest BCUT2D eigenvalue weighted by atomic mass is 32.2. The van der Waals surface area contributed by atoms with Crippen molar-refractivity contribution in [1.82, 2.24) is 5.32 Å². The third-order valence-electron chi connectivity index (χ3n) is 5.96. The molecule has 1 N–H and O–H groups in total. The van der Waals surface area contributed by atoms with Crippen molar-refractivity contribution in [3.8, 4) is 11.5 Å². The Labute approximate surface area is 193 Å². The van der Waals surface area contributed by atoms with Crippen molar-refractivity contribution in [2.24, 2.45) is 0 Å². The van der Waals surface area contributed by atoms with Crippen LogP contribution in [0.25, 0.3) is 6.08 Å². The molecule has 0 unspecified atom stereocenters. The smallest absolute Gasteiger partial charge is 0.264 e. The molecule has 6 nitrogen and oxygen atoms in total. The first kappa shape index (κ1) is 22.3. The van der Waals surface area contributed by atoms with Crippen LogP contribution >= 0.6 is 11.8 Å². The lowest BCUT2D eigenvalue weighted by atomic mass is 9.95. The zero-order valence-corrected chi connectivity index (χ0v) is 19.5. The molecule has 32 heavy (non-hydrogen) atoms. The molecule has 7 heteroatoms. The number of thioether (sulfide) groups is 1. The van der Waals surface area contributed by atoms with Crippen molar-refractivity contribution in [3.63, 3.8) is 0 Å². The van der Waals surface area contributed by atoms with E-state index < -0.39 is 0 Å². The van der Waals surface area contributed by atoms with Crippen LogP contribution in [0.15, 0.2) is 46.2 Å². The van der Waals surface area contributed by atoms with Gasteiger partial charge < -0.3 is 19.7 Å². The SMILES string of the molecule is COc1ccc(C=C2Sc3ccc(C(=O)NC4CCCCC4)cc3N(C)C2=O)cc1OC. The van der Waals surface area contributed by atoms with E-state index >= 15 is 0 Å². The summed E-state index contributed by atoms with van der Waals surface area (Å²) >= 11 is 1.41. The second-order valence-electron chi connectivity index (χ2n) is 8.08. The zero-order valence-electron chi connectivity index (χ0n) is 18.6. The lowest BCUT2D eigenvalue weighted by Gasteiger charge is -2.28. The average Bonchev–Trinajstić information content (AvgIpc) is 2.82. The summed E-state index contributed by atoms with van der Waals surface area (Å²) in [6, 6.07) is 11.4. The van der Waals surface area contributed by atoms with Crippen LogP contribution in [-0.4, -0.2) is 39.1 Å². The monoisotopic (exact) mass is 452 g/mol. The number of methoxy groups -OCH3 is 2. The Morgan fingerprint density at radius 1 is 1.06 bits per heavy atom. The quantitative estimate of drug-likeness (QED) is 0.655. The summed E-state index contributed by atoms with van der Waals surface area (Å²) in [4.78, 5) is 28.9. The highest BCUT2D eigenvalue weighted by molar-refractivity contribution is 8.04. The van der Waals surface area contributed by atoms with E-state index in [1.165, 1.54) is 18.2 Å². The van der Waals surface area contributed by atoms with E-state index in [0.29, 0.717) is 22.0 Å². The first-order valence-corrected chi connectivity index (χ1v) is 11.7. The molecule has 1 aliphatic carbocycles. The van der Waals surface area contributed by atoms with Gasteiger partial charge in [0.1, 0.15) is 0 Å². The molecule has 0 atom stereocenters. The number of nitrogens with zero attached hydrogens (tertiary/aromatic N) is 1. The molecule has 0 spiro atoms. The number of nitrogens with one attached hydrogen (secondary N) is 1. The first-order valence-electron chi connectivity index (χ1n) is 10.8. The maximum Gasteiger partial charge on any atom is 0.264 e. The number of rotatable bonds is 5. The highest BCUT2D eigenvalue weighted by Crippen LogP contribution is 2.42. The zero-order chi connectivity index (χ0) is 22.7. The van der Waals surface area contributed by atoms with E-state index in [4.69, 9.17) is 9.47 Å². The summed E-state index contributed by atoms with van der Waals surface area (Å²) in [5, 5.41) is 3.15. The number of likely N-dealkylation sites (N-methyl/N-ethyl adjacent to an activating group) is 1. The van der Waals surface area contributed by atoms with Gasteiger partial charge in [-0.2, -0.15) is 0 Å². The number of amides is 2. The van der Waals surface area contributed by atoms with E-state index in [1.807, 2.05) is 42.5 Å². The van der Waals surface area contributed by atoms with Gasteiger partial charge in [0.2, 0.25) is 0 Å². The predicted molar refractivity (Wildman–Crippen MR) is 128 cm³/mol. The summed E-state index contributed by atoms with van der Waals surface area (Å²) in [5.41, 5.74) is 2.18. The molecule has 0 bridgehead atoms. The van der Waals surface area contributed by atoms with E-state index in [9.17, 15) is 9.59 Å². The number of ether oxygens (including phenoxy) is 2. The topological polar surface area (TPSA) is 67.9 Å². The van der Waals surface area contributed by atoms with Gasteiger partial charge in [0.05, 0.1) is 24.8 Å². The molecule has 1 fully saturated rings. The summed E-state index contributed by atoms with van der Waals surface area (Å²) in [6.07, 6.45) is 7.49. The largest absolute Gasteiger partial charge is 0.493 e. The molecule has 0 radical (unpaired) electrons. The molecule has 1 aliphatic heterocycles. The minimum absolute atomic E-state index is 0.0720. The molecular weight excluding hydrogens is 424 g/mol. The third kappa shape index (κ3) is 4.63. The number of anilines is 1. The van der Waals surface area contributed by atoms with Gasteiger partial charge in [-0.15, -0.1) is 0 Å². The molecule has 1 saturated carbocycles. The van der Waals surface area contributed by atoms with Crippen LogP contribution in [-0.2, 0) is 4.79 Å². The first-order chi connectivity index (χ1) is 15.5. The van der Waals surface area contributed by atoms with Gasteiger partial charge in [-0.3, -0.25) is 9.59 Å². The van der Waals surface area contributed by atoms with Gasteiger partial charge in [-0.25, -0.2) is 0 Å². The Hall–Kier alpha value is -2.93. The van der Waals surface area contributed by atoms with Gasteiger partial charge in [0, 0.05) is 23.5 Å². The van der Waals surface area contributed by atoms with Crippen LogP contribution < -0.4 is 19.7 Å². The van der Waals surface area contributed by atoms with Gasteiger partial charge in [-0.05, 0) is 54.8 Å². The molecule has 0 aromatic heterocycles. The maximum atomic E-state index is 13.0. The Bertz CT molecular complexity index is 1060. The Kier molecular flexibility index (Phi) is 6.74. The maximum absolute atomic E-state index is 13.0. The molecule has 168 valence electrons. The van der Waals surface area contributed by atoms with E-state index in [-0.39, 0.29) is 17.9 Å². The van der Waals surface area contributed by atoms with Gasteiger partial charge in [-0.1, -0.05) is 37.1 Å². The summed E-state index contributed by atoms with van der Waals surface area (Å²) in [5.74, 6) is 1.07. The summed E-state index contributed by atoms with van der Waals surface area (Å²) in [6.45, 7) is 0. The predicted octanol–water partition coefficient (Wildman–Crippen LogP) is 4.88. The fourth-order valence-corrected chi connectivity index (χ4v) is 5.24. The minimum atomic E-state index is -0.109. The molecule has 4 rings (SSSR count). The Balaban J connectivity index is 1.56. The highest BCUT2D eigenvalue weighted by Gasteiger charge is 2.28.